The summed E-state index contributed by atoms with van der Waals surface area (Å²) in [4.78, 5) is 11.6. The summed E-state index contributed by atoms with van der Waals surface area (Å²) in [5.74, 6) is 0.311. The zero-order chi connectivity index (χ0) is 11.1. The molecule has 0 bridgehead atoms. The summed E-state index contributed by atoms with van der Waals surface area (Å²) >= 11 is 5.84. The highest BCUT2D eigenvalue weighted by Crippen LogP contribution is 2.12. The quantitative estimate of drug-likeness (QED) is 0.667. The van der Waals surface area contributed by atoms with E-state index in [0.29, 0.717) is 23.6 Å². The molecular formula is C13H17ClO. The third kappa shape index (κ3) is 4.98. The summed E-state index contributed by atoms with van der Waals surface area (Å²) in [7, 11) is 0. The molecule has 0 fully saturated rings. The molecule has 0 aliphatic heterocycles. The van der Waals surface area contributed by atoms with Crippen molar-refractivity contribution in [3.8, 4) is 0 Å². The van der Waals surface area contributed by atoms with Crippen molar-refractivity contribution >= 4 is 17.4 Å². The van der Waals surface area contributed by atoms with Crippen LogP contribution in [0.4, 0.5) is 0 Å². The Labute approximate surface area is 96.5 Å². The highest BCUT2D eigenvalue weighted by Gasteiger charge is 2.03. The van der Waals surface area contributed by atoms with Gasteiger partial charge >= 0.3 is 0 Å². The SMILES string of the molecule is CCCCCC(=O)Cc1cccc(Cl)c1. The van der Waals surface area contributed by atoms with E-state index >= 15 is 0 Å². The first-order valence-electron chi connectivity index (χ1n) is 5.48. The van der Waals surface area contributed by atoms with E-state index in [1.54, 1.807) is 0 Å². The summed E-state index contributed by atoms with van der Waals surface area (Å²) in [6, 6.07) is 7.52. The van der Waals surface area contributed by atoms with Gasteiger partial charge in [0.25, 0.3) is 0 Å². The van der Waals surface area contributed by atoms with Gasteiger partial charge in [0.2, 0.25) is 0 Å². The van der Waals surface area contributed by atoms with Gasteiger partial charge in [0, 0.05) is 17.9 Å². The fourth-order valence-corrected chi connectivity index (χ4v) is 1.75. The second kappa shape index (κ2) is 6.62. The lowest BCUT2D eigenvalue weighted by Crippen LogP contribution is -2.02. The van der Waals surface area contributed by atoms with Crippen LogP contribution in [-0.4, -0.2) is 5.78 Å². The molecule has 0 unspecified atom stereocenters. The summed E-state index contributed by atoms with van der Waals surface area (Å²) in [5.41, 5.74) is 1.02. The van der Waals surface area contributed by atoms with Crippen LogP contribution in [0.15, 0.2) is 24.3 Å². The molecule has 15 heavy (non-hydrogen) atoms. The molecule has 1 nitrogen and oxygen atoms in total. The first kappa shape index (κ1) is 12.3. The molecule has 0 aliphatic rings. The number of ketones is 1. The first-order chi connectivity index (χ1) is 7.22. The lowest BCUT2D eigenvalue weighted by Gasteiger charge is -2.01. The summed E-state index contributed by atoms with van der Waals surface area (Å²) in [5, 5.41) is 0.703. The number of rotatable bonds is 6. The van der Waals surface area contributed by atoms with Crippen molar-refractivity contribution in [1.82, 2.24) is 0 Å². The normalized spacial score (nSPS) is 10.3. The Kier molecular flexibility index (Phi) is 5.41. The third-order valence-corrected chi connectivity index (χ3v) is 2.58. The van der Waals surface area contributed by atoms with Gasteiger partial charge in [-0.05, 0) is 24.1 Å². The number of hydrogen-bond acceptors (Lipinski definition) is 1. The molecule has 0 saturated carbocycles. The predicted octanol–water partition coefficient (Wildman–Crippen LogP) is 4.03. The predicted molar refractivity (Wildman–Crippen MR) is 64.3 cm³/mol. The molecule has 0 radical (unpaired) electrons. The Morgan fingerprint density at radius 3 is 2.80 bits per heavy atom. The number of carbonyl (C=O) groups is 1. The van der Waals surface area contributed by atoms with E-state index < -0.39 is 0 Å². The lowest BCUT2D eigenvalue weighted by atomic mass is 10.0. The van der Waals surface area contributed by atoms with Gasteiger partial charge in [0.1, 0.15) is 5.78 Å². The monoisotopic (exact) mass is 224 g/mol. The van der Waals surface area contributed by atoms with Gasteiger partial charge in [-0.2, -0.15) is 0 Å². The highest BCUT2D eigenvalue weighted by molar-refractivity contribution is 6.30. The smallest absolute Gasteiger partial charge is 0.137 e. The van der Waals surface area contributed by atoms with E-state index in [2.05, 4.69) is 6.92 Å². The van der Waals surface area contributed by atoms with Crippen LogP contribution in [0.1, 0.15) is 38.2 Å². The van der Waals surface area contributed by atoms with E-state index in [0.717, 1.165) is 24.8 Å². The van der Waals surface area contributed by atoms with Gasteiger partial charge in [-0.25, -0.2) is 0 Å². The molecule has 1 aromatic carbocycles. The van der Waals surface area contributed by atoms with E-state index in [9.17, 15) is 4.79 Å². The van der Waals surface area contributed by atoms with Crippen LogP contribution in [-0.2, 0) is 11.2 Å². The molecule has 0 aliphatic carbocycles. The van der Waals surface area contributed by atoms with E-state index in [1.165, 1.54) is 0 Å². The number of Topliss-reactive ketones (excluding diaryl/α,β-unsaturated/α-hetero) is 1. The molecule has 0 spiro atoms. The summed E-state index contributed by atoms with van der Waals surface area (Å²) in [6.07, 6.45) is 4.52. The van der Waals surface area contributed by atoms with E-state index in [-0.39, 0.29) is 0 Å². The number of halogens is 1. The Morgan fingerprint density at radius 2 is 2.13 bits per heavy atom. The summed E-state index contributed by atoms with van der Waals surface area (Å²) in [6.45, 7) is 2.14. The van der Waals surface area contributed by atoms with Crippen LogP contribution in [0.25, 0.3) is 0 Å². The van der Waals surface area contributed by atoms with Crippen LogP contribution >= 0.6 is 11.6 Å². The third-order valence-electron chi connectivity index (χ3n) is 2.35. The van der Waals surface area contributed by atoms with Gasteiger partial charge < -0.3 is 0 Å². The molecule has 0 saturated heterocycles. The fourth-order valence-electron chi connectivity index (χ4n) is 1.54. The van der Waals surface area contributed by atoms with Crippen molar-refractivity contribution in [1.29, 1.82) is 0 Å². The van der Waals surface area contributed by atoms with E-state index in [4.69, 9.17) is 11.6 Å². The molecular weight excluding hydrogens is 208 g/mol. The van der Waals surface area contributed by atoms with Crippen molar-refractivity contribution < 1.29 is 4.79 Å². The van der Waals surface area contributed by atoms with Crippen LogP contribution in [0.5, 0.6) is 0 Å². The molecule has 0 atom stereocenters. The van der Waals surface area contributed by atoms with Gasteiger partial charge in [0.15, 0.2) is 0 Å². The molecule has 1 aromatic rings. The number of carbonyl (C=O) groups excluding carboxylic acids is 1. The van der Waals surface area contributed by atoms with Gasteiger partial charge in [-0.3, -0.25) is 4.79 Å². The van der Waals surface area contributed by atoms with Crippen LogP contribution in [0.2, 0.25) is 5.02 Å². The van der Waals surface area contributed by atoms with Crippen molar-refractivity contribution in [2.45, 2.75) is 39.0 Å². The molecule has 2 heteroatoms. The first-order valence-corrected chi connectivity index (χ1v) is 5.86. The molecule has 0 N–H and O–H groups in total. The average Bonchev–Trinajstić information content (AvgIpc) is 2.18. The van der Waals surface area contributed by atoms with Crippen molar-refractivity contribution in [3.05, 3.63) is 34.9 Å². The highest BCUT2D eigenvalue weighted by atomic mass is 35.5. The fraction of sp³-hybridized carbons (Fsp3) is 0.462. The summed E-state index contributed by atoms with van der Waals surface area (Å²) < 4.78 is 0. The number of unbranched alkanes of at least 4 members (excludes halogenated alkanes) is 2. The minimum absolute atomic E-state index is 0.311. The largest absolute Gasteiger partial charge is 0.299 e. The van der Waals surface area contributed by atoms with Crippen LogP contribution in [0, 0.1) is 0 Å². The number of benzene rings is 1. The van der Waals surface area contributed by atoms with Crippen molar-refractivity contribution in [3.63, 3.8) is 0 Å². The van der Waals surface area contributed by atoms with Crippen LogP contribution in [0.3, 0.4) is 0 Å². The Bertz CT molecular complexity index is 320. The topological polar surface area (TPSA) is 17.1 Å². The molecule has 0 aromatic heterocycles. The molecule has 1 rings (SSSR count). The second-order valence-electron chi connectivity index (χ2n) is 3.80. The zero-order valence-corrected chi connectivity index (χ0v) is 9.89. The minimum atomic E-state index is 0.311. The molecule has 0 heterocycles. The molecule has 0 amide bonds. The zero-order valence-electron chi connectivity index (χ0n) is 9.13. The minimum Gasteiger partial charge on any atom is -0.299 e. The van der Waals surface area contributed by atoms with Crippen LogP contribution < -0.4 is 0 Å². The standard InChI is InChI=1S/C13H17ClO/c1-2-3-4-8-13(15)10-11-6-5-7-12(14)9-11/h5-7,9H,2-4,8,10H2,1H3. The van der Waals surface area contributed by atoms with Crippen molar-refractivity contribution in [2.24, 2.45) is 0 Å². The van der Waals surface area contributed by atoms with Gasteiger partial charge in [0.05, 0.1) is 0 Å². The van der Waals surface area contributed by atoms with Gasteiger partial charge in [-0.1, -0.05) is 43.5 Å². The number of hydrogen-bond donors (Lipinski definition) is 0. The molecule has 82 valence electrons. The van der Waals surface area contributed by atoms with Gasteiger partial charge in [-0.15, -0.1) is 0 Å². The second-order valence-corrected chi connectivity index (χ2v) is 4.24. The van der Waals surface area contributed by atoms with E-state index in [1.807, 2.05) is 24.3 Å². The Hall–Kier alpha value is -0.820. The maximum absolute atomic E-state index is 11.6. The maximum atomic E-state index is 11.6. The lowest BCUT2D eigenvalue weighted by molar-refractivity contribution is -0.118. The Balaban J connectivity index is 2.37. The van der Waals surface area contributed by atoms with Crippen molar-refractivity contribution in [2.75, 3.05) is 0 Å². The average molecular weight is 225 g/mol. The maximum Gasteiger partial charge on any atom is 0.137 e. The Morgan fingerprint density at radius 1 is 1.33 bits per heavy atom.